The lowest BCUT2D eigenvalue weighted by atomic mass is 10.3. The van der Waals surface area contributed by atoms with E-state index in [1.54, 1.807) is 0 Å². The molecule has 0 saturated carbocycles. The van der Waals surface area contributed by atoms with Crippen molar-refractivity contribution < 1.29 is 4.39 Å². The van der Waals surface area contributed by atoms with Crippen molar-refractivity contribution in [2.75, 3.05) is 5.43 Å². The molecule has 0 spiro atoms. The average Bonchev–Trinajstić information content (AvgIpc) is 1.97. The minimum Gasteiger partial charge on any atom is -0.323 e. The van der Waals surface area contributed by atoms with Gasteiger partial charge in [-0.3, -0.25) is 5.84 Å². The van der Waals surface area contributed by atoms with Crippen molar-refractivity contribution in [2.24, 2.45) is 5.84 Å². The molecule has 0 fully saturated rings. The van der Waals surface area contributed by atoms with E-state index in [-0.39, 0.29) is 22.5 Å². The fourth-order valence-corrected chi connectivity index (χ4v) is 1.00. The molecular formula is C6H6Cl3FN2. The summed E-state index contributed by atoms with van der Waals surface area (Å²) in [5.74, 6) is 4.49. The predicted molar refractivity (Wildman–Crippen MR) is 51.5 cm³/mol. The lowest BCUT2D eigenvalue weighted by Crippen LogP contribution is -2.07. The highest BCUT2D eigenvalue weighted by Crippen LogP contribution is 2.27. The van der Waals surface area contributed by atoms with Gasteiger partial charge in [-0.25, -0.2) is 4.39 Å². The molecule has 1 aromatic rings. The number of rotatable bonds is 1. The van der Waals surface area contributed by atoms with E-state index >= 15 is 0 Å². The molecule has 1 aromatic carbocycles. The first-order valence-electron chi connectivity index (χ1n) is 2.76. The average molecular weight is 231 g/mol. The Labute approximate surface area is 85.2 Å². The molecule has 0 aliphatic rings. The van der Waals surface area contributed by atoms with Gasteiger partial charge < -0.3 is 5.43 Å². The van der Waals surface area contributed by atoms with Crippen LogP contribution in [0.15, 0.2) is 12.1 Å². The largest absolute Gasteiger partial charge is 0.323 e. The van der Waals surface area contributed by atoms with Crippen molar-refractivity contribution in [3.05, 3.63) is 28.0 Å². The van der Waals surface area contributed by atoms with E-state index in [9.17, 15) is 4.39 Å². The van der Waals surface area contributed by atoms with Crippen LogP contribution < -0.4 is 11.3 Å². The van der Waals surface area contributed by atoms with Gasteiger partial charge in [0.25, 0.3) is 0 Å². The summed E-state index contributed by atoms with van der Waals surface area (Å²) in [6.45, 7) is 0. The molecule has 12 heavy (non-hydrogen) atoms. The molecule has 1 rings (SSSR count). The van der Waals surface area contributed by atoms with E-state index in [1.807, 2.05) is 0 Å². The second kappa shape index (κ2) is 4.72. The fourth-order valence-electron chi connectivity index (χ4n) is 0.633. The van der Waals surface area contributed by atoms with Crippen LogP contribution in [0.5, 0.6) is 0 Å². The highest BCUT2D eigenvalue weighted by molar-refractivity contribution is 6.35. The van der Waals surface area contributed by atoms with E-state index in [1.165, 1.54) is 6.07 Å². The molecule has 0 saturated heterocycles. The third-order valence-corrected chi connectivity index (χ3v) is 1.77. The Bertz CT molecular complexity index is 280. The minimum atomic E-state index is -0.560. The monoisotopic (exact) mass is 230 g/mol. The lowest BCUT2D eigenvalue weighted by Gasteiger charge is -2.03. The predicted octanol–water partition coefficient (Wildman–Crippen LogP) is 2.84. The lowest BCUT2D eigenvalue weighted by molar-refractivity contribution is 0.628. The first kappa shape index (κ1) is 11.8. The molecule has 0 amide bonds. The van der Waals surface area contributed by atoms with E-state index in [0.717, 1.165) is 6.07 Å². The smallest absolute Gasteiger partial charge is 0.143 e. The van der Waals surface area contributed by atoms with Crippen LogP contribution in [0.25, 0.3) is 0 Å². The van der Waals surface area contributed by atoms with E-state index < -0.39 is 5.82 Å². The van der Waals surface area contributed by atoms with Crippen LogP contribution >= 0.6 is 35.6 Å². The van der Waals surface area contributed by atoms with Crippen molar-refractivity contribution in [1.82, 2.24) is 0 Å². The molecule has 0 atom stereocenters. The Balaban J connectivity index is 0.00000121. The third kappa shape index (κ3) is 2.38. The summed E-state index contributed by atoms with van der Waals surface area (Å²) in [6.07, 6.45) is 0. The summed E-state index contributed by atoms with van der Waals surface area (Å²) in [5.41, 5.74) is 2.68. The zero-order valence-corrected chi connectivity index (χ0v) is 8.10. The van der Waals surface area contributed by atoms with Crippen molar-refractivity contribution in [1.29, 1.82) is 0 Å². The molecule has 68 valence electrons. The number of benzene rings is 1. The molecule has 0 heterocycles. The van der Waals surface area contributed by atoms with Crippen LogP contribution in [0, 0.1) is 5.82 Å². The molecule has 0 radical (unpaired) electrons. The van der Waals surface area contributed by atoms with Crippen molar-refractivity contribution in [3.63, 3.8) is 0 Å². The maximum Gasteiger partial charge on any atom is 0.143 e. The van der Waals surface area contributed by atoms with Gasteiger partial charge in [-0.1, -0.05) is 23.2 Å². The zero-order chi connectivity index (χ0) is 8.43. The number of hydrazine groups is 1. The van der Waals surface area contributed by atoms with Gasteiger partial charge in [-0.15, -0.1) is 12.4 Å². The summed E-state index contributed by atoms with van der Waals surface area (Å²) in [7, 11) is 0. The summed E-state index contributed by atoms with van der Waals surface area (Å²) >= 11 is 11.0. The molecule has 3 N–H and O–H groups in total. The summed E-state index contributed by atoms with van der Waals surface area (Å²) in [6, 6.07) is 2.41. The number of halogens is 4. The Hall–Kier alpha value is -0.220. The number of anilines is 1. The molecule has 2 nitrogen and oxygen atoms in total. The van der Waals surface area contributed by atoms with E-state index in [2.05, 4.69) is 5.43 Å². The number of hydrogen-bond donors (Lipinski definition) is 2. The molecule has 6 heteroatoms. The van der Waals surface area contributed by atoms with Crippen molar-refractivity contribution in [2.45, 2.75) is 0 Å². The first-order valence-corrected chi connectivity index (χ1v) is 3.52. The summed E-state index contributed by atoms with van der Waals surface area (Å²) < 4.78 is 12.6. The van der Waals surface area contributed by atoms with Gasteiger partial charge in [-0.05, 0) is 12.1 Å². The van der Waals surface area contributed by atoms with Crippen LogP contribution in [0.2, 0.25) is 10.0 Å². The Morgan fingerprint density at radius 3 is 2.33 bits per heavy atom. The van der Waals surface area contributed by atoms with E-state index in [4.69, 9.17) is 29.0 Å². The van der Waals surface area contributed by atoms with E-state index in [0.29, 0.717) is 5.69 Å². The van der Waals surface area contributed by atoms with Crippen LogP contribution in [0.1, 0.15) is 0 Å². The van der Waals surface area contributed by atoms with Crippen LogP contribution in [0.4, 0.5) is 10.1 Å². The third-order valence-electron chi connectivity index (χ3n) is 1.17. The summed E-state index contributed by atoms with van der Waals surface area (Å²) in [5, 5.41) is 0.191. The Kier molecular flexibility index (Phi) is 4.63. The highest BCUT2D eigenvalue weighted by atomic mass is 35.5. The zero-order valence-electron chi connectivity index (χ0n) is 5.77. The van der Waals surface area contributed by atoms with Gasteiger partial charge in [0.1, 0.15) is 5.82 Å². The van der Waals surface area contributed by atoms with Gasteiger partial charge in [0.15, 0.2) is 0 Å². The SMILES string of the molecule is Cl.NNc1cc(Cl)c(F)cc1Cl. The second-order valence-corrected chi connectivity index (χ2v) is 2.70. The van der Waals surface area contributed by atoms with Crippen LogP contribution in [-0.4, -0.2) is 0 Å². The minimum absolute atomic E-state index is 0. The second-order valence-electron chi connectivity index (χ2n) is 1.89. The molecule has 0 unspecified atom stereocenters. The van der Waals surface area contributed by atoms with Gasteiger partial charge in [-0.2, -0.15) is 0 Å². The van der Waals surface area contributed by atoms with Gasteiger partial charge in [0, 0.05) is 0 Å². The first-order chi connectivity index (χ1) is 5.15. The Morgan fingerprint density at radius 1 is 1.25 bits per heavy atom. The molecule has 0 aliphatic carbocycles. The highest BCUT2D eigenvalue weighted by Gasteiger charge is 2.04. The summed E-state index contributed by atoms with van der Waals surface area (Å²) in [4.78, 5) is 0. The number of nitrogens with two attached hydrogens (primary N) is 1. The van der Waals surface area contributed by atoms with Gasteiger partial charge in [0.2, 0.25) is 0 Å². The fraction of sp³-hybridized carbons (Fsp3) is 0. The maximum absolute atomic E-state index is 12.6. The number of nitrogen functional groups attached to an aromatic ring is 1. The standard InChI is InChI=1S/C6H5Cl2FN2.ClH/c7-3-2-6(11-10)4(8)1-5(3)9;/h1-2,11H,10H2;1H. The molecule has 0 bridgehead atoms. The maximum atomic E-state index is 12.6. The van der Waals surface area contributed by atoms with Crippen LogP contribution in [-0.2, 0) is 0 Å². The molecule has 0 aromatic heterocycles. The van der Waals surface area contributed by atoms with Crippen LogP contribution in [0.3, 0.4) is 0 Å². The molecule has 0 aliphatic heterocycles. The quantitative estimate of drug-likeness (QED) is 0.443. The van der Waals surface area contributed by atoms with Crippen molar-refractivity contribution >= 4 is 41.3 Å². The number of hydrogen-bond acceptors (Lipinski definition) is 2. The normalized spacial score (nSPS) is 9.00. The molecular weight excluding hydrogens is 225 g/mol. The topological polar surface area (TPSA) is 38.0 Å². The number of nitrogens with one attached hydrogen (secondary N) is 1. The van der Waals surface area contributed by atoms with Crippen molar-refractivity contribution in [3.8, 4) is 0 Å². The Morgan fingerprint density at radius 2 is 1.83 bits per heavy atom. The van der Waals surface area contributed by atoms with Gasteiger partial charge in [0.05, 0.1) is 15.7 Å². The van der Waals surface area contributed by atoms with Gasteiger partial charge >= 0.3 is 0 Å².